The lowest BCUT2D eigenvalue weighted by Gasteiger charge is -2.16. The molecule has 1 aromatic heterocycles. The van der Waals surface area contributed by atoms with Crippen molar-refractivity contribution >= 4 is 22.5 Å². The third-order valence-electron chi connectivity index (χ3n) is 4.63. The summed E-state index contributed by atoms with van der Waals surface area (Å²) in [4.78, 5) is 11.9. The second-order valence-corrected chi connectivity index (χ2v) is 6.08. The van der Waals surface area contributed by atoms with Crippen LogP contribution in [0.1, 0.15) is 27.2 Å². The molecule has 0 radical (unpaired) electrons. The lowest BCUT2D eigenvalue weighted by molar-refractivity contribution is 0.100. The third kappa shape index (κ3) is 2.11. The number of amides is 1. The molecule has 1 heterocycles. The summed E-state index contributed by atoms with van der Waals surface area (Å²) in [6.07, 6.45) is 0. The molecule has 0 aliphatic heterocycles. The van der Waals surface area contributed by atoms with Crippen molar-refractivity contribution in [3.05, 3.63) is 40.6 Å². The molecule has 5 N–H and O–H groups in total. The molecule has 124 valence electrons. The second-order valence-electron chi connectivity index (χ2n) is 6.08. The number of fused-ring (bicyclic) bond motifs is 1. The summed E-state index contributed by atoms with van der Waals surface area (Å²) in [6, 6.07) is 5.14. The number of primary amides is 1. The zero-order valence-electron chi connectivity index (χ0n) is 14.1. The van der Waals surface area contributed by atoms with Gasteiger partial charge in [-0.3, -0.25) is 9.48 Å². The van der Waals surface area contributed by atoms with Crippen LogP contribution in [0.15, 0.2) is 18.2 Å². The van der Waals surface area contributed by atoms with Crippen LogP contribution in [0.3, 0.4) is 0 Å². The van der Waals surface area contributed by atoms with Gasteiger partial charge in [0.25, 0.3) is 5.91 Å². The number of carbonyl (C=O) groups is 1. The molecule has 0 spiro atoms. The second kappa shape index (κ2) is 5.26. The lowest BCUT2D eigenvalue weighted by Crippen LogP contribution is -2.14. The molecule has 0 fully saturated rings. The zero-order valence-corrected chi connectivity index (χ0v) is 14.1. The first-order chi connectivity index (χ1) is 11.2. The highest BCUT2D eigenvalue weighted by molar-refractivity contribution is 6.11. The van der Waals surface area contributed by atoms with Crippen molar-refractivity contribution in [2.45, 2.75) is 20.8 Å². The quantitative estimate of drug-likeness (QED) is 0.630. The number of nitrogens with two attached hydrogens (primary N) is 2. The van der Waals surface area contributed by atoms with Gasteiger partial charge in [0, 0.05) is 23.7 Å². The minimum atomic E-state index is -0.589. The molecule has 0 aliphatic carbocycles. The number of phenols is 1. The highest BCUT2D eigenvalue weighted by atomic mass is 16.3. The normalized spacial score (nSPS) is 11.2. The van der Waals surface area contributed by atoms with Crippen molar-refractivity contribution in [2.75, 3.05) is 5.73 Å². The SMILES string of the molecule is Cc1ccc(O)c(C)c1-c1c(N)c(C(N)=O)cc2c(C)n(C)nc12. The largest absolute Gasteiger partial charge is 0.508 e. The van der Waals surface area contributed by atoms with Gasteiger partial charge in [-0.15, -0.1) is 0 Å². The standard InChI is InChI=1S/C18H20N4O2/c1-8-5-6-13(23)9(2)14(8)15-16(19)12(18(20)24)7-11-10(3)22(4)21-17(11)15/h5-7,23H,19H2,1-4H3,(H2,20,24). The van der Waals surface area contributed by atoms with E-state index in [9.17, 15) is 9.90 Å². The Bertz CT molecular complexity index is 1000. The number of hydrogen-bond donors (Lipinski definition) is 3. The Labute approximate surface area is 139 Å². The third-order valence-corrected chi connectivity index (χ3v) is 4.63. The van der Waals surface area contributed by atoms with Gasteiger partial charge in [0.15, 0.2) is 0 Å². The van der Waals surface area contributed by atoms with Crippen molar-refractivity contribution in [1.82, 2.24) is 9.78 Å². The summed E-state index contributed by atoms with van der Waals surface area (Å²) in [5.41, 5.74) is 17.0. The minimum absolute atomic E-state index is 0.167. The predicted octanol–water partition coefficient (Wildman–Crippen LogP) is 2.55. The fraction of sp³-hybridized carbons (Fsp3) is 0.222. The Morgan fingerprint density at radius 1 is 1.21 bits per heavy atom. The maximum Gasteiger partial charge on any atom is 0.250 e. The van der Waals surface area contributed by atoms with Crippen molar-refractivity contribution < 1.29 is 9.90 Å². The first-order valence-corrected chi connectivity index (χ1v) is 7.59. The number of carbonyl (C=O) groups excluding carboxylic acids is 1. The number of rotatable bonds is 2. The van der Waals surface area contributed by atoms with Crippen molar-refractivity contribution in [3.63, 3.8) is 0 Å². The van der Waals surface area contributed by atoms with Gasteiger partial charge < -0.3 is 16.6 Å². The number of aromatic hydroxyl groups is 1. The number of nitrogens with zero attached hydrogens (tertiary/aromatic N) is 2. The van der Waals surface area contributed by atoms with E-state index in [1.54, 1.807) is 16.8 Å². The highest BCUT2D eigenvalue weighted by Crippen LogP contribution is 2.41. The van der Waals surface area contributed by atoms with Gasteiger partial charge in [0.2, 0.25) is 0 Å². The van der Waals surface area contributed by atoms with Gasteiger partial charge in [-0.05, 0) is 49.6 Å². The first kappa shape index (κ1) is 15.9. The van der Waals surface area contributed by atoms with E-state index in [-0.39, 0.29) is 17.0 Å². The van der Waals surface area contributed by atoms with Crippen LogP contribution in [0.25, 0.3) is 22.0 Å². The summed E-state index contributed by atoms with van der Waals surface area (Å²) in [5.74, 6) is -0.422. The number of aromatic nitrogens is 2. The zero-order chi connectivity index (χ0) is 17.8. The Kier molecular flexibility index (Phi) is 3.48. The van der Waals surface area contributed by atoms with E-state index in [2.05, 4.69) is 5.10 Å². The summed E-state index contributed by atoms with van der Waals surface area (Å²) in [6.45, 7) is 5.66. The summed E-state index contributed by atoms with van der Waals surface area (Å²) < 4.78 is 1.74. The Hall–Kier alpha value is -3.02. The van der Waals surface area contributed by atoms with Crippen LogP contribution in [0, 0.1) is 20.8 Å². The molecule has 0 aliphatic rings. The molecular weight excluding hydrogens is 304 g/mol. The average Bonchev–Trinajstić information content (AvgIpc) is 2.80. The van der Waals surface area contributed by atoms with Crippen LogP contribution in [0.5, 0.6) is 5.75 Å². The Morgan fingerprint density at radius 3 is 2.50 bits per heavy atom. The monoisotopic (exact) mass is 324 g/mol. The van der Waals surface area contributed by atoms with E-state index in [1.807, 2.05) is 33.9 Å². The fourth-order valence-electron chi connectivity index (χ4n) is 3.14. The molecule has 0 atom stereocenters. The maximum atomic E-state index is 11.9. The molecule has 0 saturated carbocycles. The molecule has 0 unspecified atom stereocenters. The van der Waals surface area contributed by atoms with Crippen molar-refractivity contribution in [3.8, 4) is 16.9 Å². The van der Waals surface area contributed by atoms with Gasteiger partial charge in [0.05, 0.1) is 11.3 Å². The van der Waals surface area contributed by atoms with E-state index < -0.39 is 5.91 Å². The molecule has 6 nitrogen and oxygen atoms in total. The van der Waals surface area contributed by atoms with Crippen molar-refractivity contribution in [2.24, 2.45) is 12.8 Å². The van der Waals surface area contributed by atoms with E-state index in [0.29, 0.717) is 16.6 Å². The smallest absolute Gasteiger partial charge is 0.250 e. The molecule has 2 aromatic carbocycles. The number of nitrogen functional groups attached to an aromatic ring is 1. The van der Waals surface area contributed by atoms with Crippen LogP contribution in [-0.2, 0) is 7.05 Å². The van der Waals surface area contributed by atoms with Crippen molar-refractivity contribution in [1.29, 1.82) is 0 Å². The Balaban J connectivity index is 2.57. The topological polar surface area (TPSA) is 107 Å². The molecule has 0 bridgehead atoms. The molecule has 24 heavy (non-hydrogen) atoms. The molecular formula is C18H20N4O2. The minimum Gasteiger partial charge on any atom is -0.508 e. The van der Waals surface area contributed by atoms with Gasteiger partial charge in [-0.25, -0.2) is 0 Å². The summed E-state index contributed by atoms with van der Waals surface area (Å²) >= 11 is 0. The first-order valence-electron chi connectivity index (χ1n) is 7.59. The molecule has 6 heteroatoms. The number of anilines is 1. The molecule has 3 aromatic rings. The molecule has 0 saturated heterocycles. The van der Waals surface area contributed by atoms with E-state index in [1.165, 1.54) is 0 Å². The van der Waals surface area contributed by atoms with Crippen LogP contribution in [-0.4, -0.2) is 20.8 Å². The van der Waals surface area contributed by atoms with Crippen LogP contribution >= 0.6 is 0 Å². The highest BCUT2D eigenvalue weighted by Gasteiger charge is 2.23. The predicted molar refractivity (Wildman–Crippen MR) is 95.0 cm³/mol. The van der Waals surface area contributed by atoms with Gasteiger partial charge in [0.1, 0.15) is 11.3 Å². The van der Waals surface area contributed by atoms with E-state index in [0.717, 1.165) is 22.2 Å². The van der Waals surface area contributed by atoms with Gasteiger partial charge in [-0.2, -0.15) is 5.10 Å². The number of hydrogen-bond acceptors (Lipinski definition) is 4. The summed E-state index contributed by atoms with van der Waals surface area (Å²) in [5, 5.41) is 15.5. The van der Waals surface area contributed by atoms with Crippen LogP contribution < -0.4 is 11.5 Å². The van der Waals surface area contributed by atoms with Gasteiger partial charge in [-0.1, -0.05) is 6.07 Å². The summed E-state index contributed by atoms with van der Waals surface area (Å²) in [7, 11) is 1.83. The number of phenolic OH excluding ortho intramolecular Hbond substituents is 1. The van der Waals surface area contributed by atoms with Crippen LogP contribution in [0.2, 0.25) is 0 Å². The molecule has 3 rings (SSSR count). The molecule has 1 amide bonds. The number of aryl methyl sites for hydroxylation is 3. The van der Waals surface area contributed by atoms with Gasteiger partial charge >= 0.3 is 0 Å². The van der Waals surface area contributed by atoms with E-state index >= 15 is 0 Å². The maximum absolute atomic E-state index is 11.9. The lowest BCUT2D eigenvalue weighted by atomic mass is 9.90. The Morgan fingerprint density at radius 2 is 1.88 bits per heavy atom. The van der Waals surface area contributed by atoms with E-state index in [4.69, 9.17) is 11.5 Å². The van der Waals surface area contributed by atoms with Crippen LogP contribution in [0.4, 0.5) is 5.69 Å². The number of benzene rings is 2. The average molecular weight is 324 g/mol. The fourth-order valence-corrected chi connectivity index (χ4v) is 3.14.